The molecule has 0 radical (unpaired) electrons. The maximum absolute atomic E-state index is 12.0. The number of hydrogen-bond acceptors (Lipinski definition) is 4. The molecule has 18 heavy (non-hydrogen) atoms. The largest absolute Gasteiger partial charge is 0.337 e. The van der Waals surface area contributed by atoms with Crippen LogP contribution in [0.2, 0.25) is 0 Å². The van der Waals surface area contributed by atoms with E-state index in [2.05, 4.69) is 4.98 Å². The maximum Gasteiger partial charge on any atom is 0.186 e. The number of carbonyl (C=O) groups is 1. The van der Waals surface area contributed by atoms with Gasteiger partial charge in [0.2, 0.25) is 0 Å². The van der Waals surface area contributed by atoms with Gasteiger partial charge in [0.1, 0.15) is 5.82 Å². The summed E-state index contributed by atoms with van der Waals surface area (Å²) in [5, 5.41) is 0. The van der Waals surface area contributed by atoms with Gasteiger partial charge in [-0.2, -0.15) is 0 Å². The Morgan fingerprint density at radius 1 is 1.50 bits per heavy atom. The topological polar surface area (TPSA) is 38.1 Å². The minimum absolute atomic E-state index is 0.171. The van der Waals surface area contributed by atoms with Crippen LogP contribution in [0.1, 0.15) is 20.4 Å². The first-order chi connectivity index (χ1) is 8.56. The van der Waals surface area contributed by atoms with Crippen molar-refractivity contribution in [1.29, 1.82) is 0 Å². The highest BCUT2D eigenvalue weighted by molar-refractivity contribution is 7.14. The number of aryl methyl sites for hydroxylation is 2. The monoisotopic (exact) mass is 263 g/mol. The standard InChI is InChI=1S/C13H17N3OS/c1-10-4-5-12(18-10)11(17)8-15(2)9-13-14-6-7-16(13)3/h4-7H,8-9H2,1-3H3. The van der Waals surface area contributed by atoms with E-state index in [9.17, 15) is 4.79 Å². The highest BCUT2D eigenvalue weighted by Crippen LogP contribution is 2.16. The van der Waals surface area contributed by atoms with Crippen LogP contribution in [0, 0.1) is 6.92 Å². The van der Waals surface area contributed by atoms with E-state index >= 15 is 0 Å². The van der Waals surface area contributed by atoms with E-state index in [0.717, 1.165) is 10.7 Å². The maximum atomic E-state index is 12.0. The predicted molar refractivity (Wildman–Crippen MR) is 72.9 cm³/mol. The van der Waals surface area contributed by atoms with E-state index in [1.165, 1.54) is 4.88 Å². The molecule has 2 aromatic rings. The Hall–Kier alpha value is -1.46. The first kappa shape index (κ1) is 13.0. The molecule has 0 unspecified atom stereocenters. The molecule has 0 aromatic carbocycles. The number of ketones is 1. The van der Waals surface area contributed by atoms with Gasteiger partial charge in [-0.1, -0.05) is 0 Å². The lowest BCUT2D eigenvalue weighted by atomic mass is 10.3. The molecule has 2 rings (SSSR count). The van der Waals surface area contributed by atoms with Crippen LogP contribution in [0.15, 0.2) is 24.5 Å². The lowest BCUT2D eigenvalue weighted by Gasteiger charge is -2.14. The van der Waals surface area contributed by atoms with E-state index in [-0.39, 0.29) is 5.78 Å². The summed E-state index contributed by atoms with van der Waals surface area (Å²) in [7, 11) is 3.90. The van der Waals surface area contributed by atoms with Gasteiger partial charge < -0.3 is 4.57 Å². The van der Waals surface area contributed by atoms with Crippen LogP contribution in [0.25, 0.3) is 0 Å². The molecule has 2 heterocycles. The molecule has 4 nitrogen and oxygen atoms in total. The van der Waals surface area contributed by atoms with Gasteiger partial charge in [0.15, 0.2) is 5.78 Å². The lowest BCUT2D eigenvalue weighted by Crippen LogP contribution is -2.26. The number of thiophene rings is 1. The summed E-state index contributed by atoms with van der Waals surface area (Å²) in [5.41, 5.74) is 0. The molecule has 0 aliphatic heterocycles. The summed E-state index contributed by atoms with van der Waals surface area (Å²) >= 11 is 1.55. The Morgan fingerprint density at radius 3 is 2.83 bits per heavy atom. The van der Waals surface area contributed by atoms with Gasteiger partial charge in [-0.3, -0.25) is 9.69 Å². The molecule has 0 fully saturated rings. The fourth-order valence-corrected chi connectivity index (χ4v) is 2.55. The molecular weight excluding hydrogens is 246 g/mol. The summed E-state index contributed by atoms with van der Waals surface area (Å²) in [5.74, 6) is 1.14. The van der Waals surface area contributed by atoms with Crippen molar-refractivity contribution in [1.82, 2.24) is 14.5 Å². The highest BCUT2D eigenvalue weighted by atomic mass is 32.1. The van der Waals surface area contributed by atoms with Crippen LogP contribution in [0.4, 0.5) is 0 Å². The Bertz CT molecular complexity index is 544. The highest BCUT2D eigenvalue weighted by Gasteiger charge is 2.12. The smallest absolute Gasteiger partial charge is 0.186 e. The van der Waals surface area contributed by atoms with Crippen LogP contribution in [-0.2, 0) is 13.6 Å². The molecule has 0 atom stereocenters. The number of nitrogens with zero attached hydrogens (tertiary/aromatic N) is 3. The van der Waals surface area contributed by atoms with Crippen LogP contribution in [0.3, 0.4) is 0 Å². The van der Waals surface area contributed by atoms with Crippen molar-refractivity contribution in [3.05, 3.63) is 40.1 Å². The van der Waals surface area contributed by atoms with Crippen molar-refractivity contribution in [3.63, 3.8) is 0 Å². The third kappa shape index (κ3) is 3.05. The van der Waals surface area contributed by atoms with Gasteiger partial charge in [0, 0.05) is 24.3 Å². The summed E-state index contributed by atoms with van der Waals surface area (Å²) in [6.07, 6.45) is 3.68. The zero-order chi connectivity index (χ0) is 13.1. The van der Waals surface area contributed by atoms with Gasteiger partial charge in [-0.05, 0) is 26.1 Å². The van der Waals surface area contributed by atoms with Crippen molar-refractivity contribution in [2.75, 3.05) is 13.6 Å². The van der Waals surface area contributed by atoms with Crippen molar-refractivity contribution >= 4 is 17.1 Å². The second-order valence-electron chi connectivity index (χ2n) is 4.46. The molecule has 0 saturated heterocycles. The minimum Gasteiger partial charge on any atom is -0.337 e. The molecular formula is C13H17N3OS. The molecule has 0 N–H and O–H groups in total. The quantitative estimate of drug-likeness (QED) is 0.775. The van der Waals surface area contributed by atoms with Crippen molar-refractivity contribution in [2.45, 2.75) is 13.5 Å². The van der Waals surface area contributed by atoms with E-state index in [1.54, 1.807) is 17.5 Å². The Balaban J connectivity index is 1.93. The van der Waals surface area contributed by atoms with Crippen molar-refractivity contribution < 1.29 is 4.79 Å². The predicted octanol–water partition coefficient (Wildman–Crippen LogP) is 2.10. The lowest BCUT2D eigenvalue weighted by molar-refractivity contribution is 0.0945. The van der Waals surface area contributed by atoms with Gasteiger partial charge >= 0.3 is 0 Å². The minimum atomic E-state index is 0.171. The van der Waals surface area contributed by atoms with Crippen LogP contribution in [-0.4, -0.2) is 33.8 Å². The number of carbonyl (C=O) groups excluding carboxylic acids is 1. The number of Topliss-reactive ketones (excluding diaryl/α,β-unsaturated/α-hetero) is 1. The summed E-state index contributed by atoms with van der Waals surface area (Å²) < 4.78 is 1.97. The third-order valence-corrected chi connectivity index (χ3v) is 3.80. The number of imidazole rings is 1. The van der Waals surface area contributed by atoms with Crippen LogP contribution in [0.5, 0.6) is 0 Å². The molecule has 0 saturated carbocycles. The van der Waals surface area contributed by atoms with E-state index in [0.29, 0.717) is 13.1 Å². The van der Waals surface area contributed by atoms with E-state index in [1.807, 2.05) is 48.8 Å². The van der Waals surface area contributed by atoms with Gasteiger partial charge in [0.25, 0.3) is 0 Å². The molecule has 0 bridgehead atoms. The van der Waals surface area contributed by atoms with Gasteiger partial charge in [-0.15, -0.1) is 11.3 Å². The van der Waals surface area contributed by atoms with E-state index in [4.69, 9.17) is 0 Å². The number of hydrogen-bond donors (Lipinski definition) is 0. The van der Waals surface area contributed by atoms with Crippen LogP contribution >= 0.6 is 11.3 Å². The molecule has 2 aromatic heterocycles. The van der Waals surface area contributed by atoms with Crippen molar-refractivity contribution in [3.8, 4) is 0 Å². The Morgan fingerprint density at radius 2 is 2.28 bits per heavy atom. The summed E-state index contributed by atoms with van der Waals surface area (Å²) in [4.78, 5) is 20.3. The van der Waals surface area contributed by atoms with Gasteiger partial charge in [0.05, 0.1) is 18.0 Å². The van der Waals surface area contributed by atoms with E-state index < -0.39 is 0 Å². The van der Waals surface area contributed by atoms with Crippen molar-refractivity contribution in [2.24, 2.45) is 7.05 Å². The number of likely N-dealkylation sites (N-methyl/N-ethyl adjacent to an activating group) is 1. The summed E-state index contributed by atoms with van der Waals surface area (Å²) in [6.45, 7) is 3.12. The second-order valence-corrected chi connectivity index (χ2v) is 5.75. The fraction of sp³-hybridized carbons (Fsp3) is 0.385. The fourth-order valence-electron chi connectivity index (χ4n) is 1.75. The average molecular weight is 263 g/mol. The first-order valence-electron chi connectivity index (χ1n) is 5.80. The Kier molecular flexibility index (Phi) is 3.93. The zero-order valence-electron chi connectivity index (χ0n) is 10.9. The molecule has 0 amide bonds. The van der Waals surface area contributed by atoms with Gasteiger partial charge in [-0.25, -0.2) is 4.98 Å². The number of aromatic nitrogens is 2. The third-order valence-electron chi connectivity index (χ3n) is 2.76. The summed E-state index contributed by atoms with van der Waals surface area (Å²) in [6, 6.07) is 3.88. The number of rotatable bonds is 5. The second kappa shape index (κ2) is 5.46. The molecule has 0 spiro atoms. The first-order valence-corrected chi connectivity index (χ1v) is 6.62. The molecule has 0 aliphatic rings. The molecule has 0 aliphatic carbocycles. The normalized spacial score (nSPS) is 11.1. The molecule has 5 heteroatoms. The average Bonchev–Trinajstić information content (AvgIpc) is 2.89. The Labute approximate surface area is 111 Å². The zero-order valence-corrected chi connectivity index (χ0v) is 11.7. The van der Waals surface area contributed by atoms with Crippen LogP contribution < -0.4 is 0 Å². The molecule has 96 valence electrons. The SMILES string of the molecule is Cc1ccc(C(=O)CN(C)Cc2nccn2C)s1.